The minimum Gasteiger partial charge on any atom is -0.748 e. The molecule has 0 spiro atoms. The molecule has 26 nitrogen and oxygen atoms in total. The second-order valence-electron chi connectivity index (χ2n) is 29.7. The van der Waals surface area contributed by atoms with Crippen molar-refractivity contribution >= 4 is 135 Å². The first kappa shape index (κ1) is 109. The summed E-state index contributed by atoms with van der Waals surface area (Å²) in [5.74, 6) is 0.311. The minimum absolute atomic E-state index is 0.0151. The van der Waals surface area contributed by atoms with Crippen LogP contribution in [0.2, 0.25) is 0 Å². The van der Waals surface area contributed by atoms with Gasteiger partial charge in [0, 0.05) is 29.5 Å². The van der Waals surface area contributed by atoms with E-state index < -0.39 is 152 Å². The molecule has 18 rings (SSSR count). The third-order valence-corrected chi connectivity index (χ3v) is 39.2. The smallest absolute Gasteiger partial charge is 0.416 e. The van der Waals surface area contributed by atoms with Gasteiger partial charge in [-0.1, -0.05) is 120 Å². The molecule has 4 aliphatic rings. The maximum Gasteiger partial charge on any atom is 0.416 e. The Bertz CT molecular complexity index is 7470. The molecule has 0 unspecified atom stereocenters. The van der Waals surface area contributed by atoms with E-state index >= 15 is 0 Å². The van der Waals surface area contributed by atoms with Gasteiger partial charge in [0.25, 0.3) is 0 Å². The molecule has 0 aromatic heterocycles. The van der Waals surface area contributed by atoms with Crippen LogP contribution in [0, 0.1) is 54.8 Å². The summed E-state index contributed by atoms with van der Waals surface area (Å²) in [5.41, 5.74) is 1.19. The lowest BCUT2D eigenvalue weighted by atomic mass is 10.1. The fourth-order valence-electron chi connectivity index (χ4n) is 13.8. The van der Waals surface area contributed by atoms with Crippen molar-refractivity contribution in [2.45, 2.75) is 141 Å². The number of nitriles is 3. The summed E-state index contributed by atoms with van der Waals surface area (Å²) >= 11 is 0.158. The molecule has 0 aliphatic carbocycles. The predicted molar refractivity (Wildman–Crippen MR) is 509 cm³/mol. The number of fused-ring (bicyclic) bond motifs is 8. The van der Waals surface area contributed by atoms with E-state index in [0.717, 1.165) is 77.7 Å². The van der Waals surface area contributed by atoms with Gasteiger partial charge in [0.1, 0.15) is 98.6 Å². The van der Waals surface area contributed by atoms with Gasteiger partial charge in [-0.25, -0.2) is 63.8 Å². The normalized spacial score (nSPS) is 14.3. The summed E-state index contributed by atoms with van der Waals surface area (Å²) in [5, 5.41) is 30.9. The van der Waals surface area contributed by atoms with E-state index in [1.165, 1.54) is 12.1 Å². The number of rotatable bonds is 11. The molecule has 4 heterocycles. The Hall–Kier alpha value is -12.0. The molecule has 0 bridgehead atoms. The van der Waals surface area contributed by atoms with Crippen molar-refractivity contribution in [1.29, 1.82) is 15.8 Å². The van der Waals surface area contributed by atoms with Gasteiger partial charge in [-0.3, -0.25) is 0 Å². The Balaban J connectivity index is 0.000000161. The van der Waals surface area contributed by atoms with Crippen molar-refractivity contribution in [2.75, 3.05) is 25.9 Å². The van der Waals surface area contributed by atoms with Gasteiger partial charge >= 0.3 is 22.5 Å². The van der Waals surface area contributed by atoms with Gasteiger partial charge < -0.3 is 17.8 Å². The molecule has 14 aromatic carbocycles. The van der Waals surface area contributed by atoms with E-state index in [0.29, 0.717) is 97.4 Å². The highest BCUT2D eigenvalue weighted by Gasteiger charge is 2.50. The predicted octanol–water partition coefficient (Wildman–Crippen LogP) is 18.7. The Morgan fingerprint density at radius 1 is 0.333 bits per heavy atom. The van der Waals surface area contributed by atoms with Gasteiger partial charge in [-0.15, -0.1) is 4.33 Å². The molecule has 0 fully saturated rings. The van der Waals surface area contributed by atoms with E-state index in [2.05, 4.69) is 32.5 Å². The topological polar surface area (TPSA) is 451 Å². The van der Waals surface area contributed by atoms with Crippen molar-refractivity contribution < 1.29 is 126 Å². The molecule has 45 heteroatoms. The van der Waals surface area contributed by atoms with E-state index in [-0.39, 0.29) is 23.0 Å². The largest absolute Gasteiger partial charge is 0.748 e. The van der Waals surface area contributed by atoms with E-state index in [9.17, 15) is 81.4 Å². The van der Waals surface area contributed by atoms with Crippen molar-refractivity contribution in [1.82, 2.24) is 0 Å². The van der Waals surface area contributed by atoms with Gasteiger partial charge in [0.15, 0.2) is 58.7 Å². The Kier molecular flexibility index (Phi) is 35.0. The fourth-order valence-corrected chi connectivity index (χ4v) is 34.3. The molecule has 0 saturated carbocycles. The summed E-state index contributed by atoms with van der Waals surface area (Å²) in [6.07, 6.45) is -7.59. The SMILES string of the molecule is COOOSc1cc(C(F)(F)F)cc(C(F)(F)F)c1.CS(=O)(=O)[O-].CS(=O)(=O)[O-].Cc1cc([S+]2c3ccccc3S(=O)(=O)c3ccccc32)cc(C)c1OS(C)(=O)=O.Cc1ccc(S(=O)(=O)[O-])cc1.N#Cc1ccc([S+]2c3ccccc3S(=O)(=O)c3ccccc32)cc1.N#Cc1ccc([S+]2c3ccccc3S(=O)(=O)c3ccccc32)cc1.N#Cc1ccc([S+]2c3ccccc3S(=O)(=O)c3ccccc32)cc1. The van der Waals surface area contributed by atoms with Crippen LogP contribution in [-0.2, 0) is 150 Å². The van der Waals surface area contributed by atoms with Crippen LogP contribution in [0.1, 0.15) is 44.5 Å². The van der Waals surface area contributed by atoms with Gasteiger partial charge in [0.2, 0.25) is 39.3 Å². The number of aryl methyl sites for hydroxylation is 3. The monoisotopic (exact) mass is 2170 g/mol. The summed E-state index contributed by atoms with van der Waals surface area (Å²) in [7, 11) is -30.9. The van der Waals surface area contributed by atoms with Crippen LogP contribution < -0.4 is 4.18 Å². The number of halogens is 6. The van der Waals surface area contributed by atoms with Crippen molar-refractivity contribution in [3.8, 4) is 24.0 Å². The zero-order chi connectivity index (χ0) is 103. The van der Waals surface area contributed by atoms with Crippen molar-refractivity contribution in [3.63, 3.8) is 0 Å². The van der Waals surface area contributed by atoms with Gasteiger partial charge in [-0.05, 0) is 232 Å². The number of hydrogen-bond donors (Lipinski definition) is 0. The van der Waals surface area contributed by atoms with Gasteiger partial charge in [0.05, 0.1) is 96.6 Å². The molecule has 14 aromatic rings. The Labute approximate surface area is 826 Å². The van der Waals surface area contributed by atoms with Crippen molar-refractivity contribution in [2.24, 2.45) is 0 Å². The van der Waals surface area contributed by atoms with Gasteiger partial charge in [-0.2, -0.15) is 50.5 Å². The minimum atomic E-state index is -4.90. The molecule has 141 heavy (non-hydrogen) atoms. The molecule has 0 amide bonds. The number of benzene rings is 14. The van der Waals surface area contributed by atoms with Crippen LogP contribution in [0.15, 0.2) is 429 Å². The average molecular weight is 2170 g/mol. The van der Waals surface area contributed by atoms with E-state index in [4.69, 9.17) is 45.9 Å². The molecule has 0 saturated heterocycles. The number of hydrogen-bond acceptors (Lipinski definition) is 27. The van der Waals surface area contributed by atoms with Crippen LogP contribution in [0.3, 0.4) is 0 Å². The standard InChI is InChI=1S/C21H19O5S3.3C19H12NO2S2.C9H6F6O3S.C7H8O3S.2CH4O3S/c1-14-12-16(13-15(2)21(14)26-28(3,22)23)27-17-8-4-6-10-19(17)29(24,25)20-11-7-5-9-18(20)27;3*20-13-14-9-11-15(12-10-14)23-16-5-1-3-7-18(16)24(21,22)19-8-4-2-6-17(19)23;1-16-17-18-19-7-3-5(8(10,11)12)2-6(4-7)9(13,14)15;1-6-2-4-7(5-3-6)11(8,9)10;2*1-5(2,3)4/h4-13H,1-3H3;3*1-12H;2-4H,1H3;2-5H,1H3,(H,8,9,10);2*1H3,(H,2,3,4)/q4*+1;;;;/p-3. The van der Waals surface area contributed by atoms with E-state index in [1.807, 2.05) is 153 Å². The highest BCUT2D eigenvalue weighted by Crippen LogP contribution is 2.51. The third kappa shape index (κ3) is 27.1. The van der Waals surface area contributed by atoms with Crippen LogP contribution >= 0.6 is 12.0 Å². The zero-order valence-electron chi connectivity index (χ0n) is 73.9. The van der Waals surface area contributed by atoms with E-state index in [1.54, 1.807) is 159 Å². The summed E-state index contributed by atoms with van der Waals surface area (Å²) < 4.78 is 297. The Morgan fingerprint density at radius 2 is 0.560 bits per heavy atom. The summed E-state index contributed by atoms with van der Waals surface area (Å²) in [6, 6.07) is 96.1. The van der Waals surface area contributed by atoms with Crippen LogP contribution in [0.5, 0.6) is 5.75 Å². The zero-order valence-corrected chi connectivity index (χ0v) is 84.5. The highest BCUT2D eigenvalue weighted by molar-refractivity contribution is 8.02. The van der Waals surface area contributed by atoms with Crippen LogP contribution in [-0.4, -0.2) is 107 Å². The molecule has 0 atom stereocenters. The number of sulfone groups is 4. The second kappa shape index (κ2) is 45.1. The average Bonchev–Trinajstić information content (AvgIpc) is 0.707. The molecule has 730 valence electrons. The lowest BCUT2D eigenvalue weighted by Gasteiger charge is -2.20. The lowest BCUT2D eigenvalue weighted by Crippen LogP contribution is -2.20. The van der Waals surface area contributed by atoms with Crippen LogP contribution in [0.25, 0.3) is 0 Å². The molecular weight excluding hydrogens is 2090 g/mol. The lowest BCUT2D eigenvalue weighted by molar-refractivity contribution is -0.447. The van der Waals surface area contributed by atoms with Crippen molar-refractivity contribution in [3.05, 3.63) is 366 Å². The number of nitrogens with zero attached hydrogens (tertiary/aromatic N) is 3. The maximum atomic E-state index is 13.1. The third-order valence-electron chi connectivity index (χ3n) is 19.5. The fraction of sp³-hybridized carbons (Fsp3) is 0.0938. The maximum absolute atomic E-state index is 13.1. The first-order chi connectivity index (χ1) is 66.1. The first-order valence-corrected chi connectivity index (χ1v) is 58.4. The second-order valence-corrected chi connectivity index (χ2v) is 51.6. The molecular formula is C96H74F6N3O23S13+. The highest BCUT2D eigenvalue weighted by atomic mass is 32.2. The molecule has 4 aliphatic heterocycles. The summed E-state index contributed by atoms with van der Waals surface area (Å²) in [6.45, 7) is 5.40. The molecule has 0 N–H and O–H groups in total. The number of alkyl halides is 6. The van der Waals surface area contributed by atoms with Crippen LogP contribution in [0.4, 0.5) is 26.3 Å². The quantitative estimate of drug-likeness (QED) is 0.0170. The Morgan fingerprint density at radius 3 is 0.766 bits per heavy atom. The summed E-state index contributed by atoms with van der Waals surface area (Å²) in [4.78, 5) is 16.5. The molecule has 0 radical (unpaired) electrons. The first-order valence-electron chi connectivity index (χ1n) is 40.0.